The summed E-state index contributed by atoms with van der Waals surface area (Å²) in [5.41, 5.74) is 6.24. The number of halogens is 1. The first-order chi connectivity index (χ1) is 8.43. The number of benzene rings is 1. The van der Waals surface area contributed by atoms with Gasteiger partial charge < -0.3 is 16.4 Å². The fourth-order valence-corrected chi connectivity index (χ4v) is 1.41. The Morgan fingerprint density at radius 2 is 2.00 bits per heavy atom. The average Bonchev–Trinajstić information content (AvgIpc) is 2.32. The van der Waals surface area contributed by atoms with Crippen LogP contribution in [-0.2, 0) is 9.59 Å². The number of hydrogen-bond acceptors (Lipinski definition) is 3. The molecule has 0 unspecified atom stereocenters. The van der Waals surface area contributed by atoms with E-state index in [-0.39, 0.29) is 24.3 Å². The Kier molecular flexibility index (Phi) is 5.12. The summed E-state index contributed by atoms with van der Waals surface area (Å²) in [7, 11) is 0. The molecule has 18 heavy (non-hydrogen) atoms. The lowest BCUT2D eigenvalue weighted by atomic mass is 10.2. The molecule has 0 saturated carbocycles. The van der Waals surface area contributed by atoms with Crippen LogP contribution in [0.4, 0.5) is 11.4 Å². The van der Waals surface area contributed by atoms with Crippen molar-refractivity contribution in [2.45, 2.75) is 13.8 Å². The lowest BCUT2D eigenvalue weighted by Gasteiger charge is -2.11. The van der Waals surface area contributed by atoms with Gasteiger partial charge >= 0.3 is 0 Å². The topological polar surface area (TPSA) is 84.2 Å². The van der Waals surface area contributed by atoms with Crippen LogP contribution in [0.15, 0.2) is 18.2 Å². The molecule has 4 N–H and O–H groups in total. The van der Waals surface area contributed by atoms with E-state index in [1.54, 1.807) is 32.0 Å². The predicted octanol–water partition coefficient (Wildman–Crippen LogP) is 1.83. The molecule has 5 nitrogen and oxygen atoms in total. The van der Waals surface area contributed by atoms with Crippen LogP contribution in [0, 0.1) is 5.92 Å². The zero-order valence-corrected chi connectivity index (χ0v) is 11.0. The van der Waals surface area contributed by atoms with E-state index in [0.717, 1.165) is 0 Å². The minimum absolute atomic E-state index is 0.0938. The van der Waals surface area contributed by atoms with Crippen molar-refractivity contribution in [1.82, 2.24) is 0 Å². The zero-order chi connectivity index (χ0) is 13.7. The number of carbonyl (C=O) groups excluding carboxylic acids is 2. The van der Waals surface area contributed by atoms with E-state index in [1.165, 1.54) is 0 Å². The molecule has 0 aliphatic rings. The van der Waals surface area contributed by atoms with E-state index in [1.807, 2.05) is 0 Å². The first-order valence-electron chi connectivity index (χ1n) is 5.54. The van der Waals surface area contributed by atoms with Crippen molar-refractivity contribution in [2.24, 2.45) is 11.7 Å². The summed E-state index contributed by atoms with van der Waals surface area (Å²) in [6.07, 6.45) is 0. The molecule has 0 heterocycles. The highest BCUT2D eigenvalue weighted by Crippen LogP contribution is 2.25. The second kappa shape index (κ2) is 6.37. The molecule has 0 aromatic heterocycles. The Bertz CT molecular complexity index is 461. The van der Waals surface area contributed by atoms with Gasteiger partial charge in [-0.05, 0) is 18.2 Å². The van der Waals surface area contributed by atoms with Gasteiger partial charge in [-0.25, -0.2) is 0 Å². The van der Waals surface area contributed by atoms with Gasteiger partial charge in [0.25, 0.3) is 0 Å². The van der Waals surface area contributed by atoms with E-state index >= 15 is 0 Å². The third-order valence-corrected chi connectivity index (χ3v) is 2.53. The van der Waals surface area contributed by atoms with Gasteiger partial charge in [-0.15, -0.1) is 0 Å². The zero-order valence-electron chi connectivity index (χ0n) is 10.3. The summed E-state index contributed by atoms with van der Waals surface area (Å²) in [6.45, 7) is 3.49. The molecule has 2 amide bonds. The van der Waals surface area contributed by atoms with Crippen LogP contribution in [0.2, 0.25) is 5.02 Å². The molecule has 98 valence electrons. The molecule has 0 saturated heterocycles. The summed E-state index contributed by atoms with van der Waals surface area (Å²) in [6, 6.07) is 4.84. The van der Waals surface area contributed by atoms with Crippen molar-refractivity contribution in [3.63, 3.8) is 0 Å². The van der Waals surface area contributed by atoms with Gasteiger partial charge in [-0.3, -0.25) is 9.59 Å². The smallest absolute Gasteiger partial charge is 0.238 e. The maximum Gasteiger partial charge on any atom is 0.238 e. The van der Waals surface area contributed by atoms with E-state index < -0.39 is 0 Å². The van der Waals surface area contributed by atoms with Gasteiger partial charge in [0.1, 0.15) is 0 Å². The van der Waals surface area contributed by atoms with Gasteiger partial charge in [0.15, 0.2) is 0 Å². The van der Waals surface area contributed by atoms with Crippen LogP contribution < -0.4 is 16.4 Å². The molecule has 0 radical (unpaired) electrons. The third-order valence-electron chi connectivity index (χ3n) is 2.22. The first kappa shape index (κ1) is 14.5. The first-order valence-corrected chi connectivity index (χ1v) is 5.92. The summed E-state index contributed by atoms with van der Waals surface area (Å²) in [5, 5.41) is 5.63. The van der Waals surface area contributed by atoms with E-state index in [0.29, 0.717) is 16.4 Å². The monoisotopic (exact) mass is 269 g/mol. The summed E-state index contributed by atoms with van der Waals surface area (Å²) in [5.74, 6) is -0.543. The molecule has 1 aromatic rings. The fourth-order valence-electron chi connectivity index (χ4n) is 1.18. The van der Waals surface area contributed by atoms with Crippen molar-refractivity contribution in [3.8, 4) is 0 Å². The molecule has 0 fully saturated rings. The standard InChI is InChI=1S/C12H16ClN3O2/c1-7(2)12(18)16-10-4-3-8(5-9(10)13)15-11(17)6-14/h3-5,7H,6,14H2,1-2H3,(H,15,17)(H,16,18). The van der Waals surface area contributed by atoms with Crippen LogP contribution in [0.1, 0.15) is 13.8 Å². The molecule has 0 bridgehead atoms. The predicted molar refractivity (Wildman–Crippen MR) is 72.6 cm³/mol. The van der Waals surface area contributed by atoms with Crippen LogP contribution in [0.25, 0.3) is 0 Å². The maximum atomic E-state index is 11.5. The number of nitrogens with one attached hydrogen (secondary N) is 2. The van der Waals surface area contributed by atoms with E-state index in [2.05, 4.69) is 10.6 Å². The second-order valence-corrected chi connectivity index (χ2v) is 4.50. The Morgan fingerprint density at radius 3 is 2.50 bits per heavy atom. The number of carbonyl (C=O) groups is 2. The number of nitrogens with two attached hydrogens (primary N) is 1. The molecule has 1 aromatic carbocycles. The Morgan fingerprint density at radius 1 is 1.33 bits per heavy atom. The minimum Gasteiger partial charge on any atom is -0.325 e. The van der Waals surface area contributed by atoms with Gasteiger partial charge in [0.05, 0.1) is 17.3 Å². The Labute approximate surface area is 111 Å². The van der Waals surface area contributed by atoms with Crippen molar-refractivity contribution < 1.29 is 9.59 Å². The molecule has 6 heteroatoms. The van der Waals surface area contributed by atoms with Crippen LogP contribution in [0.3, 0.4) is 0 Å². The second-order valence-electron chi connectivity index (χ2n) is 4.09. The molecular weight excluding hydrogens is 254 g/mol. The van der Waals surface area contributed by atoms with Crippen LogP contribution >= 0.6 is 11.6 Å². The lowest BCUT2D eigenvalue weighted by molar-refractivity contribution is -0.119. The maximum absolute atomic E-state index is 11.5. The Balaban J connectivity index is 2.80. The van der Waals surface area contributed by atoms with Gasteiger partial charge in [-0.2, -0.15) is 0 Å². The fraction of sp³-hybridized carbons (Fsp3) is 0.333. The third kappa shape index (κ3) is 4.01. The van der Waals surface area contributed by atoms with Crippen molar-refractivity contribution in [2.75, 3.05) is 17.2 Å². The van der Waals surface area contributed by atoms with Crippen LogP contribution in [-0.4, -0.2) is 18.4 Å². The molecule has 1 rings (SSSR count). The summed E-state index contributed by atoms with van der Waals surface area (Å²) in [4.78, 5) is 22.6. The van der Waals surface area contributed by atoms with E-state index in [4.69, 9.17) is 17.3 Å². The van der Waals surface area contributed by atoms with Crippen molar-refractivity contribution in [3.05, 3.63) is 23.2 Å². The van der Waals surface area contributed by atoms with Gasteiger partial charge in [0, 0.05) is 11.6 Å². The van der Waals surface area contributed by atoms with Crippen molar-refractivity contribution in [1.29, 1.82) is 0 Å². The summed E-state index contributed by atoms with van der Waals surface area (Å²) < 4.78 is 0. The van der Waals surface area contributed by atoms with Gasteiger partial charge in [-0.1, -0.05) is 25.4 Å². The molecule has 0 aliphatic heterocycles. The number of hydrogen-bond donors (Lipinski definition) is 3. The molecule has 0 aliphatic carbocycles. The largest absolute Gasteiger partial charge is 0.325 e. The minimum atomic E-state index is -0.301. The van der Waals surface area contributed by atoms with Crippen molar-refractivity contribution >= 4 is 34.8 Å². The van der Waals surface area contributed by atoms with E-state index in [9.17, 15) is 9.59 Å². The lowest BCUT2D eigenvalue weighted by Crippen LogP contribution is -2.22. The average molecular weight is 270 g/mol. The molecule has 0 spiro atoms. The number of amides is 2. The molecule has 0 atom stereocenters. The SMILES string of the molecule is CC(C)C(=O)Nc1ccc(NC(=O)CN)cc1Cl. The highest BCUT2D eigenvalue weighted by atomic mass is 35.5. The highest BCUT2D eigenvalue weighted by Gasteiger charge is 2.10. The van der Waals surface area contributed by atoms with Gasteiger partial charge in [0.2, 0.25) is 11.8 Å². The summed E-state index contributed by atoms with van der Waals surface area (Å²) >= 11 is 6.01. The Hall–Kier alpha value is -1.59. The normalized spacial score (nSPS) is 10.3. The van der Waals surface area contributed by atoms with Crippen LogP contribution in [0.5, 0.6) is 0 Å². The number of rotatable bonds is 4. The quantitative estimate of drug-likeness (QED) is 0.780. The molecular formula is C12H16ClN3O2. The highest BCUT2D eigenvalue weighted by molar-refractivity contribution is 6.34. The number of anilines is 2.